The summed E-state index contributed by atoms with van der Waals surface area (Å²) in [5, 5.41) is 6.65. The molecule has 0 bridgehead atoms. The maximum atomic E-state index is 11.7. The van der Waals surface area contributed by atoms with Crippen LogP contribution in [0.25, 0.3) is 0 Å². The number of carbonyl (C=O) groups is 1. The molecule has 0 unspecified atom stereocenters. The minimum Gasteiger partial charge on any atom is -0.383 e. The van der Waals surface area contributed by atoms with Gasteiger partial charge in [-0.2, -0.15) is 0 Å². The van der Waals surface area contributed by atoms with Crippen LogP contribution in [0.5, 0.6) is 0 Å². The van der Waals surface area contributed by atoms with Gasteiger partial charge < -0.3 is 15.4 Å². The lowest BCUT2D eigenvalue weighted by atomic mass is 10.2. The van der Waals surface area contributed by atoms with E-state index < -0.39 is 0 Å². The smallest absolute Gasteiger partial charge is 0.225 e. The van der Waals surface area contributed by atoms with Crippen LogP contribution in [0.1, 0.15) is 12.0 Å². The van der Waals surface area contributed by atoms with E-state index in [1.54, 1.807) is 13.2 Å². The fourth-order valence-electron chi connectivity index (χ4n) is 1.48. The number of rotatable bonds is 7. The molecule has 1 rings (SSSR count). The van der Waals surface area contributed by atoms with Gasteiger partial charge in [-0.05, 0) is 30.7 Å². The molecule has 0 atom stereocenters. The molecule has 1 aromatic carbocycles. The molecule has 2 N–H and O–H groups in total. The first-order valence-corrected chi connectivity index (χ1v) is 6.27. The van der Waals surface area contributed by atoms with Gasteiger partial charge in [0.1, 0.15) is 0 Å². The molecule has 0 saturated heterocycles. The Morgan fingerprint density at radius 2 is 2.17 bits per heavy atom. The molecule has 0 aliphatic heterocycles. The predicted molar refractivity (Wildman–Crippen MR) is 74.2 cm³/mol. The summed E-state index contributed by atoms with van der Waals surface area (Å²) in [6, 6.07) is 5.41. The van der Waals surface area contributed by atoms with E-state index in [9.17, 15) is 4.79 Å². The number of carbonyl (C=O) groups excluding carboxylic acids is 1. The minimum absolute atomic E-state index is 0.00895. The molecular formula is C13H19ClN2O2. The van der Waals surface area contributed by atoms with Crippen molar-refractivity contribution in [1.82, 2.24) is 5.32 Å². The second-order valence-corrected chi connectivity index (χ2v) is 4.44. The Labute approximate surface area is 113 Å². The molecule has 18 heavy (non-hydrogen) atoms. The first kappa shape index (κ1) is 15.0. The molecule has 0 aliphatic rings. The van der Waals surface area contributed by atoms with Gasteiger partial charge in [-0.25, -0.2) is 0 Å². The van der Waals surface area contributed by atoms with Crippen LogP contribution in [0.3, 0.4) is 0 Å². The minimum atomic E-state index is -0.00895. The van der Waals surface area contributed by atoms with Gasteiger partial charge in [0.25, 0.3) is 0 Å². The summed E-state index contributed by atoms with van der Waals surface area (Å²) in [7, 11) is 1.65. The monoisotopic (exact) mass is 270 g/mol. The van der Waals surface area contributed by atoms with Crippen molar-refractivity contribution in [3.05, 3.63) is 28.8 Å². The fraction of sp³-hybridized carbons (Fsp3) is 0.462. The Balaban J connectivity index is 2.31. The predicted octanol–water partition coefficient (Wildman–Crippen LogP) is 2.21. The lowest BCUT2D eigenvalue weighted by Gasteiger charge is -2.09. The molecule has 0 radical (unpaired) electrons. The SMILES string of the molecule is COCCNCCC(=O)Nc1ccc(Cl)cc1C. The van der Waals surface area contributed by atoms with Crippen molar-refractivity contribution in [2.75, 3.05) is 32.1 Å². The third-order valence-electron chi connectivity index (χ3n) is 2.47. The molecule has 5 heteroatoms. The molecule has 0 fully saturated rings. The fourth-order valence-corrected chi connectivity index (χ4v) is 1.71. The van der Waals surface area contributed by atoms with Gasteiger partial charge in [0.15, 0.2) is 0 Å². The number of hydrogen-bond donors (Lipinski definition) is 2. The van der Waals surface area contributed by atoms with E-state index in [1.807, 2.05) is 19.1 Å². The number of benzene rings is 1. The van der Waals surface area contributed by atoms with Crippen molar-refractivity contribution in [3.8, 4) is 0 Å². The number of aryl methyl sites for hydroxylation is 1. The van der Waals surface area contributed by atoms with Crippen molar-refractivity contribution in [3.63, 3.8) is 0 Å². The van der Waals surface area contributed by atoms with Gasteiger partial charge in [0.05, 0.1) is 6.61 Å². The van der Waals surface area contributed by atoms with E-state index in [0.717, 1.165) is 17.8 Å². The largest absolute Gasteiger partial charge is 0.383 e. The highest BCUT2D eigenvalue weighted by atomic mass is 35.5. The van der Waals surface area contributed by atoms with E-state index in [4.69, 9.17) is 16.3 Å². The second kappa shape index (κ2) is 8.08. The quantitative estimate of drug-likeness (QED) is 0.747. The van der Waals surface area contributed by atoms with Crippen LogP contribution in [-0.2, 0) is 9.53 Å². The van der Waals surface area contributed by atoms with E-state index >= 15 is 0 Å². The van der Waals surface area contributed by atoms with Crippen LogP contribution in [-0.4, -0.2) is 32.7 Å². The summed E-state index contributed by atoms with van der Waals surface area (Å²) < 4.78 is 4.90. The van der Waals surface area contributed by atoms with Gasteiger partial charge in [0, 0.05) is 37.3 Å². The normalized spacial score (nSPS) is 10.4. The number of methoxy groups -OCH3 is 1. The van der Waals surface area contributed by atoms with Gasteiger partial charge in [-0.1, -0.05) is 11.6 Å². The van der Waals surface area contributed by atoms with Crippen molar-refractivity contribution in [2.45, 2.75) is 13.3 Å². The third kappa shape index (κ3) is 5.49. The summed E-state index contributed by atoms with van der Waals surface area (Å²) in [6.07, 6.45) is 0.436. The molecule has 0 aromatic heterocycles. The van der Waals surface area contributed by atoms with Crippen LogP contribution in [0, 0.1) is 6.92 Å². The Kier molecular flexibility index (Phi) is 6.72. The van der Waals surface area contributed by atoms with Crippen molar-refractivity contribution in [2.24, 2.45) is 0 Å². The molecule has 0 aliphatic carbocycles. The average molecular weight is 271 g/mol. The molecule has 100 valence electrons. The van der Waals surface area contributed by atoms with Gasteiger partial charge >= 0.3 is 0 Å². The molecule has 0 saturated carbocycles. The van der Waals surface area contributed by atoms with E-state index in [-0.39, 0.29) is 5.91 Å². The average Bonchev–Trinajstić information content (AvgIpc) is 2.32. The number of nitrogens with one attached hydrogen (secondary N) is 2. The molecule has 1 amide bonds. The summed E-state index contributed by atoms with van der Waals surface area (Å²) >= 11 is 5.85. The van der Waals surface area contributed by atoms with E-state index in [2.05, 4.69) is 10.6 Å². The summed E-state index contributed by atoms with van der Waals surface area (Å²) in [5.41, 5.74) is 1.77. The van der Waals surface area contributed by atoms with Crippen LogP contribution in [0.2, 0.25) is 5.02 Å². The zero-order valence-electron chi connectivity index (χ0n) is 10.8. The first-order chi connectivity index (χ1) is 8.63. The van der Waals surface area contributed by atoms with E-state index in [0.29, 0.717) is 24.6 Å². The number of hydrogen-bond acceptors (Lipinski definition) is 3. The highest BCUT2D eigenvalue weighted by molar-refractivity contribution is 6.30. The zero-order chi connectivity index (χ0) is 13.4. The lowest BCUT2D eigenvalue weighted by molar-refractivity contribution is -0.116. The Morgan fingerprint density at radius 1 is 1.39 bits per heavy atom. The zero-order valence-corrected chi connectivity index (χ0v) is 11.5. The van der Waals surface area contributed by atoms with Crippen LogP contribution in [0.15, 0.2) is 18.2 Å². The molecule has 0 spiro atoms. The van der Waals surface area contributed by atoms with Gasteiger partial charge in [0.2, 0.25) is 5.91 Å². The Bertz CT molecular complexity index is 397. The molecule has 4 nitrogen and oxygen atoms in total. The topological polar surface area (TPSA) is 50.4 Å². The Morgan fingerprint density at radius 3 is 2.83 bits per heavy atom. The van der Waals surface area contributed by atoms with Gasteiger partial charge in [-0.15, -0.1) is 0 Å². The lowest BCUT2D eigenvalue weighted by Crippen LogP contribution is -2.24. The number of ether oxygens (including phenoxy) is 1. The van der Waals surface area contributed by atoms with Crippen molar-refractivity contribution < 1.29 is 9.53 Å². The summed E-state index contributed by atoms with van der Waals surface area (Å²) in [6.45, 7) is 3.96. The molecular weight excluding hydrogens is 252 g/mol. The van der Waals surface area contributed by atoms with Crippen LogP contribution in [0.4, 0.5) is 5.69 Å². The number of anilines is 1. The van der Waals surface area contributed by atoms with Crippen molar-refractivity contribution in [1.29, 1.82) is 0 Å². The van der Waals surface area contributed by atoms with Crippen molar-refractivity contribution >= 4 is 23.2 Å². The summed E-state index contributed by atoms with van der Waals surface area (Å²) in [5.74, 6) is -0.00895. The van der Waals surface area contributed by atoms with E-state index in [1.165, 1.54) is 0 Å². The molecule has 1 aromatic rings. The first-order valence-electron chi connectivity index (χ1n) is 5.89. The van der Waals surface area contributed by atoms with Crippen LogP contribution >= 0.6 is 11.6 Å². The molecule has 0 heterocycles. The standard InChI is InChI=1S/C13H19ClN2O2/c1-10-9-11(14)3-4-12(10)16-13(17)5-6-15-7-8-18-2/h3-4,9,15H,5-8H2,1-2H3,(H,16,17). The number of halogens is 1. The highest BCUT2D eigenvalue weighted by Crippen LogP contribution is 2.19. The maximum absolute atomic E-state index is 11.7. The van der Waals surface area contributed by atoms with Crippen LogP contribution < -0.4 is 10.6 Å². The summed E-state index contributed by atoms with van der Waals surface area (Å²) in [4.78, 5) is 11.7. The number of amides is 1. The highest BCUT2D eigenvalue weighted by Gasteiger charge is 2.04. The third-order valence-corrected chi connectivity index (χ3v) is 2.71. The Hall–Kier alpha value is -1.10. The maximum Gasteiger partial charge on any atom is 0.225 e. The second-order valence-electron chi connectivity index (χ2n) is 4.00. The van der Waals surface area contributed by atoms with Gasteiger partial charge in [-0.3, -0.25) is 4.79 Å².